The van der Waals surface area contributed by atoms with Gasteiger partial charge in [-0.25, -0.2) is 9.78 Å². The highest BCUT2D eigenvalue weighted by molar-refractivity contribution is 5.89. The summed E-state index contributed by atoms with van der Waals surface area (Å²) in [4.78, 5) is 30.2. The molecular formula is C30H27N3O7. The second-order valence-corrected chi connectivity index (χ2v) is 8.72. The van der Waals surface area contributed by atoms with Crippen LogP contribution in [0.5, 0.6) is 17.2 Å². The van der Waals surface area contributed by atoms with E-state index in [1.807, 2.05) is 24.3 Å². The van der Waals surface area contributed by atoms with Crippen LogP contribution in [0, 0.1) is 0 Å². The van der Waals surface area contributed by atoms with E-state index in [1.54, 1.807) is 63.4 Å². The van der Waals surface area contributed by atoms with Crippen LogP contribution in [0.2, 0.25) is 0 Å². The maximum atomic E-state index is 13.6. The van der Waals surface area contributed by atoms with Gasteiger partial charge in [0.2, 0.25) is 5.82 Å². The smallest absolute Gasteiger partial charge is 0.347 e. The molecule has 0 amide bonds. The molecule has 40 heavy (non-hydrogen) atoms. The van der Waals surface area contributed by atoms with Crippen LogP contribution in [-0.4, -0.2) is 48.8 Å². The Labute approximate surface area is 229 Å². The molecule has 0 aliphatic heterocycles. The Morgan fingerprint density at radius 1 is 1.00 bits per heavy atom. The van der Waals surface area contributed by atoms with Crippen molar-refractivity contribution in [1.82, 2.24) is 9.66 Å². The fraction of sp³-hybridized carbons (Fsp3) is 0.200. The van der Waals surface area contributed by atoms with Crippen molar-refractivity contribution in [2.24, 2.45) is 5.10 Å². The second kappa shape index (κ2) is 11.3. The largest absolute Gasteiger partial charge is 0.496 e. The van der Waals surface area contributed by atoms with E-state index in [9.17, 15) is 9.59 Å². The molecule has 0 spiro atoms. The number of fused-ring (bicyclic) bond motifs is 2. The lowest BCUT2D eigenvalue weighted by molar-refractivity contribution is -0.150. The number of methoxy groups -OCH3 is 2. The normalized spacial score (nSPS) is 12.1. The average Bonchev–Trinajstić information content (AvgIpc) is 3.42. The van der Waals surface area contributed by atoms with E-state index in [2.05, 4.69) is 5.10 Å². The number of rotatable bonds is 9. The third-order valence-electron chi connectivity index (χ3n) is 6.15. The maximum Gasteiger partial charge on any atom is 0.347 e. The van der Waals surface area contributed by atoms with Gasteiger partial charge in [0.25, 0.3) is 5.56 Å². The van der Waals surface area contributed by atoms with E-state index in [4.69, 9.17) is 28.3 Å². The molecule has 3 aromatic carbocycles. The number of hydrogen-bond donors (Lipinski definition) is 0. The fourth-order valence-electron chi connectivity index (χ4n) is 4.20. The first kappa shape index (κ1) is 26.5. The van der Waals surface area contributed by atoms with Gasteiger partial charge in [0.05, 0.1) is 43.3 Å². The van der Waals surface area contributed by atoms with Crippen LogP contribution in [0.3, 0.4) is 0 Å². The molecule has 5 rings (SSSR count). The zero-order valence-corrected chi connectivity index (χ0v) is 22.4. The summed E-state index contributed by atoms with van der Waals surface area (Å²) in [5.41, 5.74) is 1.36. The molecule has 0 N–H and O–H groups in total. The van der Waals surface area contributed by atoms with Gasteiger partial charge in [0, 0.05) is 0 Å². The Kier molecular flexibility index (Phi) is 7.50. The first-order valence-corrected chi connectivity index (χ1v) is 12.6. The minimum atomic E-state index is -0.819. The van der Waals surface area contributed by atoms with E-state index in [1.165, 1.54) is 18.0 Å². The van der Waals surface area contributed by atoms with E-state index in [0.717, 1.165) is 5.39 Å². The van der Waals surface area contributed by atoms with Gasteiger partial charge in [0.1, 0.15) is 11.3 Å². The highest BCUT2D eigenvalue weighted by atomic mass is 16.6. The highest BCUT2D eigenvalue weighted by Crippen LogP contribution is 2.33. The highest BCUT2D eigenvalue weighted by Gasteiger charge is 2.19. The van der Waals surface area contributed by atoms with Crippen molar-refractivity contribution in [1.29, 1.82) is 0 Å². The van der Waals surface area contributed by atoms with Crippen LogP contribution in [0.1, 0.15) is 19.4 Å². The Morgan fingerprint density at radius 3 is 2.58 bits per heavy atom. The molecule has 0 fully saturated rings. The predicted molar refractivity (Wildman–Crippen MR) is 150 cm³/mol. The summed E-state index contributed by atoms with van der Waals surface area (Å²) in [6, 6.07) is 19.3. The zero-order valence-electron chi connectivity index (χ0n) is 22.4. The number of carbonyl (C=O) groups is 1. The topological polar surface area (TPSA) is 114 Å². The molecule has 0 saturated carbocycles. The van der Waals surface area contributed by atoms with Gasteiger partial charge in [-0.1, -0.05) is 18.2 Å². The zero-order chi connectivity index (χ0) is 28.2. The van der Waals surface area contributed by atoms with Crippen LogP contribution >= 0.6 is 0 Å². The van der Waals surface area contributed by atoms with Crippen LogP contribution in [0.25, 0.3) is 33.5 Å². The first-order chi connectivity index (χ1) is 19.4. The van der Waals surface area contributed by atoms with Crippen molar-refractivity contribution >= 4 is 34.1 Å². The van der Waals surface area contributed by atoms with Gasteiger partial charge in [-0.05, 0) is 67.9 Å². The molecule has 10 heteroatoms. The molecule has 0 bridgehead atoms. The molecule has 0 unspecified atom stereocenters. The van der Waals surface area contributed by atoms with E-state index >= 15 is 0 Å². The maximum absolute atomic E-state index is 13.6. The third-order valence-corrected chi connectivity index (χ3v) is 6.15. The summed E-state index contributed by atoms with van der Waals surface area (Å²) in [6.07, 6.45) is 0.687. The van der Waals surface area contributed by atoms with Gasteiger partial charge in [-0.2, -0.15) is 9.78 Å². The van der Waals surface area contributed by atoms with Gasteiger partial charge in [-0.3, -0.25) is 4.79 Å². The van der Waals surface area contributed by atoms with Crippen molar-refractivity contribution in [3.05, 3.63) is 82.6 Å². The summed E-state index contributed by atoms with van der Waals surface area (Å²) in [6.45, 7) is 3.58. The van der Waals surface area contributed by atoms with Crippen molar-refractivity contribution in [2.45, 2.75) is 20.0 Å². The molecule has 2 heterocycles. The van der Waals surface area contributed by atoms with Crippen molar-refractivity contribution in [3.63, 3.8) is 0 Å². The quantitative estimate of drug-likeness (QED) is 0.188. The summed E-state index contributed by atoms with van der Waals surface area (Å²) < 4.78 is 28.9. The molecule has 204 valence electrons. The summed E-state index contributed by atoms with van der Waals surface area (Å²) in [7, 11) is 3.07. The number of carbonyl (C=O) groups excluding carboxylic acids is 1. The standard InChI is InChI=1S/C30H27N3O7/c1-5-38-30(35)18(2)39-25-14-13-19(15-26(25)37-4)17-31-33-28(32-22-10-7-6-9-20(22)29(33)34)27-16-21-23(36-3)11-8-12-24(21)40-27/h6-18H,5H2,1-4H3/t18-/m0/s1. The van der Waals surface area contributed by atoms with Crippen molar-refractivity contribution in [3.8, 4) is 28.8 Å². The molecule has 0 radical (unpaired) electrons. The van der Waals surface area contributed by atoms with Gasteiger partial charge in [-0.15, -0.1) is 0 Å². The summed E-state index contributed by atoms with van der Waals surface area (Å²) in [5.74, 6) is 1.49. The van der Waals surface area contributed by atoms with Gasteiger partial charge >= 0.3 is 5.97 Å². The lowest BCUT2D eigenvalue weighted by atomic mass is 10.2. The van der Waals surface area contributed by atoms with E-state index in [0.29, 0.717) is 45.1 Å². The molecule has 2 aromatic heterocycles. The van der Waals surface area contributed by atoms with Gasteiger partial charge in [0.15, 0.2) is 23.4 Å². The van der Waals surface area contributed by atoms with Crippen LogP contribution in [0.4, 0.5) is 0 Å². The first-order valence-electron chi connectivity index (χ1n) is 12.6. The number of furan rings is 1. The number of aromatic nitrogens is 2. The number of nitrogens with zero attached hydrogens (tertiary/aromatic N) is 3. The minimum Gasteiger partial charge on any atom is -0.496 e. The Balaban J connectivity index is 1.56. The Morgan fingerprint density at radius 2 is 1.80 bits per heavy atom. The SMILES string of the molecule is CCOC(=O)[C@H](C)Oc1ccc(C=Nn2c(-c3cc4c(OC)cccc4o3)nc3ccccc3c2=O)cc1OC. The summed E-state index contributed by atoms with van der Waals surface area (Å²) >= 11 is 0. The number of esters is 1. The third kappa shape index (κ3) is 5.11. The lowest BCUT2D eigenvalue weighted by Gasteiger charge is -2.16. The number of hydrogen-bond acceptors (Lipinski definition) is 9. The molecule has 5 aromatic rings. The van der Waals surface area contributed by atoms with E-state index in [-0.39, 0.29) is 18.0 Å². The lowest BCUT2D eigenvalue weighted by Crippen LogP contribution is -2.26. The fourth-order valence-corrected chi connectivity index (χ4v) is 4.20. The minimum absolute atomic E-state index is 0.230. The molecule has 0 saturated heterocycles. The molecule has 1 atom stereocenters. The van der Waals surface area contributed by atoms with Crippen LogP contribution in [-0.2, 0) is 9.53 Å². The number of benzene rings is 3. The molecular weight excluding hydrogens is 514 g/mol. The van der Waals surface area contributed by atoms with Gasteiger partial charge < -0.3 is 23.4 Å². The average molecular weight is 542 g/mol. The molecule has 10 nitrogen and oxygen atoms in total. The number of para-hydroxylation sites is 1. The number of ether oxygens (including phenoxy) is 4. The molecule has 0 aliphatic rings. The van der Waals surface area contributed by atoms with Crippen LogP contribution in [0.15, 0.2) is 81.0 Å². The summed E-state index contributed by atoms with van der Waals surface area (Å²) in [5, 5.41) is 5.64. The van der Waals surface area contributed by atoms with Crippen LogP contribution < -0.4 is 19.8 Å². The monoisotopic (exact) mass is 541 g/mol. The second-order valence-electron chi connectivity index (χ2n) is 8.72. The Hall–Kier alpha value is -5.12. The van der Waals surface area contributed by atoms with E-state index < -0.39 is 12.1 Å². The molecule has 0 aliphatic carbocycles. The predicted octanol–water partition coefficient (Wildman–Crippen LogP) is 5.04. The van der Waals surface area contributed by atoms with Crippen molar-refractivity contribution < 1.29 is 28.2 Å². The van der Waals surface area contributed by atoms with Crippen molar-refractivity contribution in [2.75, 3.05) is 20.8 Å². The Bertz CT molecular complexity index is 1790.